The molecule has 6 heteroatoms. The number of carbonyl (C=O) groups excluding carboxylic acids is 1. The molecule has 0 atom stereocenters. The Balaban J connectivity index is 1.63. The number of nitrogens with zero attached hydrogens (tertiary/aromatic N) is 4. The Morgan fingerprint density at radius 3 is 2.86 bits per heavy atom. The summed E-state index contributed by atoms with van der Waals surface area (Å²) >= 11 is 0. The third-order valence-electron chi connectivity index (χ3n) is 4.11. The van der Waals surface area contributed by atoms with Crippen molar-refractivity contribution >= 4 is 11.7 Å². The molecule has 0 radical (unpaired) electrons. The van der Waals surface area contributed by atoms with Gasteiger partial charge in [-0.3, -0.25) is 4.79 Å². The monoisotopic (exact) mass is 299 g/mol. The van der Waals surface area contributed by atoms with Gasteiger partial charge in [0.05, 0.1) is 11.7 Å². The maximum absolute atomic E-state index is 12.5. The van der Waals surface area contributed by atoms with Crippen molar-refractivity contribution < 1.29 is 4.79 Å². The molecule has 1 fully saturated rings. The lowest BCUT2D eigenvalue weighted by Gasteiger charge is -2.18. The topological polar surface area (TPSA) is 63.1 Å². The SMILES string of the molecule is CN(C)c1ncccc1CNC(=O)C1(Cn2ccnc2)CC1. The lowest BCUT2D eigenvalue weighted by atomic mass is 10.1. The first-order chi connectivity index (χ1) is 10.6. The Hall–Kier alpha value is -2.37. The maximum Gasteiger partial charge on any atom is 0.228 e. The van der Waals surface area contributed by atoms with Gasteiger partial charge in [0.1, 0.15) is 5.82 Å². The van der Waals surface area contributed by atoms with Crippen LogP contribution in [0.25, 0.3) is 0 Å². The zero-order chi connectivity index (χ0) is 15.6. The number of hydrogen-bond donors (Lipinski definition) is 1. The number of pyridine rings is 1. The van der Waals surface area contributed by atoms with Crippen LogP contribution in [0.15, 0.2) is 37.1 Å². The Bertz CT molecular complexity index is 646. The number of hydrogen-bond acceptors (Lipinski definition) is 4. The minimum absolute atomic E-state index is 0.120. The highest BCUT2D eigenvalue weighted by molar-refractivity contribution is 5.85. The molecule has 0 aromatic carbocycles. The summed E-state index contributed by atoms with van der Waals surface area (Å²) < 4.78 is 1.97. The van der Waals surface area contributed by atoms with Crippen LogP contribution in [0.1, 0.15) is 18.4 Å². The number of anilines is 1. The normalized spacial score (nSPS) is 15.4. The highest BCUT2D eigenvalue weighted by Crippen LogP contribution is 2.47. The van der Waals surface area contributed by atoms with Crippen molar-refractivity contribution in [1.82, 2.24) is 19.9 Å². The Labute approximate surface area is 130 Å². The van der Waals surface area contributed by atoms with Crippen LogP contribution in [0, 0.1) is 5.41 Å². The molecule has 0 aliphatic heterocycles. The van der Waals surface area contributed by atoms with E-state index < -0.39 is 0 Å². The van der Waals surface area contributed by atoms with Gasteiger partial charge in [0.2, 0.25) is 5.91 Å². The molecule has 1 saturated carbocycles. The summed E-state index contributed by atoms with van der Waals surface area (Å²) in [6, 6.07) is 3.89. The lowest BCUT2D eigenvalue weighted by molar-refractivity contribution is -0.127. The zero-order valence-corrected chi connectivity index (χ0v) is 13.0. The minimum atomic E-state index is -0.263. The summed E-state index contributed by atoms with van der Waals surface area (Å²) in [4.78, 5) is 22.9. The standard InChI is InChI=1S/C16H21N5O/c1-20(2)14-13(4-3-7-18-14)10-19-15(22)16(5-6-16)11-21-9-8-17-12-21/h3-4,7-9,12H,5-6,10-11H2,1-2H3,(H,19,22). The van der Waals surface area contributed by atoms with Gasteiger partial charge in [0.25, 0.3) is 0 Å². The van der Waals surface area contributed by atoms with Crippen LogP contribution < -0.4 is 10.2 Å². The fourth-order valence-corrected chi connectivity index (χ4v) is 2.67. The van der Waals surface area contributed by atoms with Crippen LogP contribution in [0.5, 0.6) is 0 Å². The van der Waals surface area contributed by atoms with Crippen molar-refractivity contribution in [3.05, 3.63) is 42.6 Å². The second-order valence-corrected chi connectivity index (χ2v) is 6.08. The molecule has 116 valence electrons. The molecule has 0 unspecified atom stereocenters. The molecule has 0 spiro atoms. The first-order valence-corrected chi connectivity index (χ1v) is 7.46. The molecule has 1 amide bonds. The molecule has 1 N–H and O–H groups in total. The van der Waals surface area contributed by atoms with Crippen molar-refractivity contribution in [2.45, 2.75) is 25.9 Å². The van der Waals surface area contributed by atoms with Crippen molar-refractivity contribution in [3.8, 4) is 0 Å². The summed E-state index contributed by atoms with van der Waals surface area (Å²) in [6.07, 6.45) is 9.04. The molecule has 1 aliphatic carbocycles. The van der Waals surface area contributed by atoms with Gasteiger partial charge in [-0.1, -0.05) is 6.07 Å². The highest BCUT2D eigenvalue weighted by Gasteiger charge is 2.49. The first-order valence-electron chi connectivity index (χ1n) is 7.46. The Morgan fingerprint density at radius 1 is 1.41 bits per heavy atom. The van der Waals surface area contributed by atoms with Crippen LogP contribution in [-0.2, 0) is 17.9 Å². The summed E-state index contributed by atoms with van der Waals surface area (Å²) in [5, 5.41) is 3.07. The van der Waals surface area contributed by atoms with Crippen LogP contribution in [0.4, 0.5) is 5.82 Å². The first kappa shape index (κ1) is 14.6. The van der Waals surface area contributed by atoms with E-state index >= 15 is 0 Å². The number of nitrogens with one attached hydrogen (secondary N) is 1. The van der Waals surface area contributed by atoms with E-state index in [0.29, 0.717) is 13.1 Å². The number of carbonyl (C=O) groups is 1. The van der Waals surface area contributed by atoms with Crippen LogP contribution >= 0.6 is 0 Å². The summed E-state index contributed by atoms with van der Waals surface area (Å²) in [5.41, 5.74) is 0.764. The average Bonchev–Trinajstić information content (AvgIpc) is 3.11. The van der Waals surface area contributed by atoms with Gasteiger partial charge >= 0.3 is 0 Å². The van der Waals surface area contributed by atoms with Crippen molar-refractivity contribution in [1.29, 1.82) is 0 Å². The largest absolute Gasteiger partial charge is 0.362 e. The minimum Gasteiger partial charge on any atom is -0.362 e. The van der Waals surface area contributed by atoms with E-state index in [4.69, 9.17) is 0 Å². The fraction of sp³-hybridized carbons (Fsp3) is 0.438. The second-order valence-electron chi connectivity index (χ2n) is 6.08. The quantitative estimate of drug-likeness (QED) is 0.877. The number of imidazole rings is 1. The van der Waals surface area contributed by atoms with Gasteiger partial charge in [-0.25, -0.2) is 9.97 Å². The summed E-state index contributed by atoms with van der Waals surface area (Å²) in [7, 11) is 3.91. The van der Waals surface area contributed by atoms with Crippen LogP contribution in [-0.4, -0.2) is 34.5 Å². The third-order valence-corrected chi connectivity index (χ3v) is 4.11. The zero-order valence-electron chi connectivity index (χ0n) is 13.0. The predicted octanol–water partition coefficient (Wildman–Crippen LogP) is 1.44. The molecule has 6 nitrogen and oxygen atoms in total. The predicted molar refractivity (Wildman–Crippen MR) is 84.3 cm³/mol. The summed E-state index contributed by atoms with van der Waals surface area (Å²) in [5.74, 6) is 1.01. The smallest absolute Gasteiger partial charge is 0.228 e. The summed E-state index contributed by atoms with van der Waals surface area (Å²) in [6.45, 7) is 1.21. The second kappa shape index (κ2) is 5.79. The molecule has 0 saturated heterocycles. The van der Waals surface area contributed by atoms with E-state index in [-0.39, 0.29) is 11.3 Å². The molecule has 2 aromatic rings. The molecule has 22 heavy (non-hydrogen) atoms. The van der Waals surface area contributed by atoms with Crippen molar-refractivity contribution in [2.75, 3.05) is 19.0 Å². The van der Waals surface area contributed by atoms with Crippen LogP contribution in [0.2, 0.25) is 0 Å². The van der Waals surface area contributed by atoms with E-state index in [2.05, 4.69) is 15.3 Å². The molecule has 3 rings (SSSR count). The van der Waals surface area contributed by atoms with Crippen molar-refractivity contribution in [3.63, 3.8) is 0 Å². The fourth-order valence-electron chi connectivity index (χ4n) is 2.67. The van der Waals surface area contributed by atoms with E-state index in [1.807, 2.05) is 41.9 Å². The molecule has 2 aromatic heterocycles. The van der Waals surface area contributed by atoms with Gasteiger partial charge in [-0.05, 0) is 18.9 Å². The number of rotatable bonds is 6. The Morgan fingerprint density at radius 2 is 2.23 bits per heavy atom. The maximum atomic E-state index is 12.5. The van der Waals surface area contributed by atoms with E-state index in [9.17, 15) is 4.79 Å². The number of aromatic nitrogens is 3. The van der Waals surface area contributed by atoms with E-state index in [1.165, 1.54) is 0 Å². The van der Waals surface area contributed by atoms with Gasteiger partial charge in [0, 0.05) is 51.3 Å². The highest BCUT2D eigenvalue weighted by atomic mass is 16.2. The van der Waals surface area contributed by atoms with Gasteiger partial charge in [-0.2, -0.15) is 0 Å². The third kappa shape index (κ3) is 2.95. The Kier molecular flexibility index (Phi) is 3.83. The van der Waals surface area contributed by atoms with Crippen LogP contribution in [0.3, 0.4) is 0 Å². The van der Waals surface area contributed by atoms with Crippen molar-refractivity contribution in [2.24, 2.45) is 5.41 Å². The van der Waals surface area contributed by atoms with Gasteiger partial charge in [-0.15, -0.1) is 0 Å². The average molecular weight is 299 g/mol. The van der Waals surface area contributed by atoms with E-state index in [0.717, 1.165) is 24.2 Å². The molecular weight excluding hydrogens is 278 g/mol. The van der Waals surface area contributed by atoms with Gasteiger partial charge in [0.15, 0.2) is 0 Å². The molecular formula is C16H21N5O. The molecule has 1 aliphatic rings. The number of amides is 1. The lowest BCUT2D eigenvalue weighted by Crippen LogP contribution is -2.34. The molecule has 0 bridgehead atoms. The van der Waals surface area contributed by atoms with E-state index in [1.54, 1.807) is 18.7 Å². The molecule has 2 heterocycles. The van der Waals surface area contributed by atoms with Gasteiger partial charge < -0.3 is 14.8 Å².